The van der Waals surface area contributed by atoms with Crippen LogP contribution in [0.5, 0.6) is 5.75 Å². The predicted octanol–water partition coefficient (Wildman–Crippen LogP) is -5.33. The Morgan fingerprint density at radius 2 is 1.35 bits per heavy atom. The predicted molar refractivity (Wildman–Crippen MR) is 273 cm³/mol. The maximum Gasteiger partial charge on any atom is 0.243 e. The van der Waals surface area contributed by atoms with Crippen LogP contribution >= 0.6 is 10.8 Å². The number of phenolic OH excluding ortho intramolecular Hbond substituents is 1. The van der Waals surface area contributed by atoms with Crippen molar-refractivity contribution >= 4 is 91.3 Å². The Balaban J connectivity index is 1.71. The molecule has 0 saturated carbocycles. The first kappa shape index (κ1) is 60.1. The Hall–Kier alpha value is -7.50. The number of hydrogen-bond acceptors (Lipinski definition) is 17. The van der Waals surface area contributed by atoms with E-state index in [4.69, 9.17) is 28.7 Å². The lowest BCUT2D eigenvalue weighted by molar-refractivity contribution is -0.142. The average Bonchev–Trinajstić information content (AvgIpc) is 3.82. The molecule has 2 aliphatic heterocycles. The van der Waals surface area contributed by atoms with Crippen LogP contribution in [0.4, 0.5) is 0 Å². The maximum absolute atomic E-state index is 14.4. The summed E-state index contributed by atoms with van der Waals surface area (Å²) in [6.07, 6.45) is -1.83. The highest BCUT2D eigenvalue weighted by Crippen LogP contribution is 2.20. The second-order valence-electron chi connectivity index (χ2n) is 17.5. The zero-order chi connectivity index (χ0) is 55.2. The summed E-state index contributed by atoms with van der Waals surface area (Å²) >= 11 is 0. The van der Waals surface area contributed by atoms with E-state index in [1.807, 2.05) is 0 Å². The highest BCUT2D eigenvalue weighted by Gasteiger charge is 2.41. The standard InChI is InChI=1S/C46H64N14O13S2/c47-35(62)15-14-28-42(69)57-32(22-36(48)63)45(72)58-33(39(66)40(67)34-9-5-18-60(34)59-29(8-4-17-52-46(50)51)41(68)53-23-37(49)64)24-75(73)74-19-16-38(65)54-30(21-26-10-12-27(61)13-11-26)43(70)56-31(44(71)55-28)20-25-6-2-1-3-7-25/h1-3,6-7,10-13,28-34,59,61H,4-5,8-9,14-24H2,(H2,47,62)(H2,48,63)(H2,49,64)(H,53,68)(H,54,65)(H,55,71)(H,56,70)(H,57,69)(H,58,72)(H4,50,51,52)/t28-,29+,30-,31-,32-,33-,34-,75?/m0/s1. The molecule has 2 aromatic rings. The van der Waals surface area contributed by atoms with Crippen molar-refractivity contribution in [2.24, 2.45) is 33.7 Å². The Morgan fingerprint density at radius 3 is 1.97 bits per heavy atom. The summed E-state index contributed by atoms with van der Waals surface area (Å²) in [5, 5.41) is 26.0. The van der Waals surface area contributed by atoms with Crippen LogP contribution in [0.15, 0.2) is 59.6 Å². The lowest BCUT2D eigenvalue weighted by Crippen LogP contribution is -2.61. The molecular formula is C46H64N14O13S2. The van der Waals surface area contributed by atoms with Gasteiger partial charge in [-0.2, -0.15) is 0 Å². The molecule has 2 fully saturated rings. The molecule has 2 aliphatic rings. The van der Waals surface area contributed by atoms with Crippen molar-refractivity contribution in [2.75, 3.05) is 31.1 Å². The number of hydrazine groups is 1. The Bertz CT molecular complexity index is 2460. The third kappa shape index (κ3) is 20.7. The number of aromatic hydroxyl groups is 1. The molecule has 2 heterocycles. The van der Waals surface area contributed by atoms with Gasteiger partial charge < -0.3 is 65.7 Å². The topological polar surface area (TPSA) is 455 Å². The number of ketones is 2. The number of rotatable bonds is 21. The van der Waals surface area contributed by atoms with E-state index < -0.39 is 148 Å². The summed E-state index contributed by atoms with van der Waals surface area (Å²) < 4.78 is 13.8. The van der Waals surface area contributed by atoms with Gasteiger partial charge in [-0.25, -0.2) is 14.6 Å². The molecule has 2 aromatic carbocycles. The van der Waals surface area contributed by atoms with E-state index in [2.05, 4.69) is 42.3 Å². The van der Waals surface area contributed by atoms with E-state index in [1.54, 1.807) is 30.3 Å². The van der Waals surface area contributed by atoms with Gasteiger partial charge in [-0.3, -0.25) is 57.7 Å². The number of Topliss-reactive ketones (excluding diaryl/α,β-unsaturated/α-hetero) is 2. The van der Waals surface area contributed by atoms with Crippen molar-refractivity contribution < 1.29 is 62.1 Å². The number of hydrogen-bond donors (Lipinski definition) is 13. The molecule has 4 rings (SSSR count). The van der Waals surface area contributed by atoms with Crippen LogP contribution in [0.25, 0.3) is 0 Å². The Kier molecular flexibility index (Phi) is 24.0. The second kappa shape index (κ2) is 30.0. The molecular weight excluding hydrogens is 1020 g/mol. The van der Waals surface area contributed by atoms with Crippen molar-refractivity contribution in [2.45, 2.75) is 107 Å². The number of guanidine groups is 1. The van der Waals surface area contributed by atoms with Crippen molar-refractivity contribution in [3.63, 3.8) is 0 Å². The summed E-state index contributed by atoms with van der Waals surface area (Å²) in [7, 11) is -1.50. The molecule has 75 heavy (non-hydrogen) atoms. The summed E-state index contributed by atoms with van der Waals surface area (Å²) in [6, 6.07) is 3.48. The highest BCUT2D eigenvalue weighted by atomic mass is 33.1. The molecule has 0 radical (unpaired) electrons. The zero-order valence-corrected chi connectivity index (χ0v) is 42.4. The van der Waals surface area contributed by atoms with Gasteiger partial charge in [0.25, 0.3) is 0 Å². The molecule has 18 N–H and O–H groups in total. The van der Waals surface area contributed by atoms with Crippen LogP contribution < -0.4 is 66.0 Å². The Morgan fingerprint density at radius 1 is 0.747 bits per heavy atom. The third-order valence-corrected chi connectivity index (χ3v) is 14.5. The summed E-state index contributed by atoms with van der Waals surface area (Å²) in [5.74, 6) is -12.1. The van der Waals surface area contributed by atoms with Crippen molar-refractivity contribution in [3.05, 3.63) is 65.7 Å². The van der Waals surface area contributed by atoms with Gasteiger partial charge in [-0.15, -0.1) is 0 Å². The first-order valence-corrected chi connectivity index (χ1v) is 26.5. The van der Waals surface area contributed by atoms with Crippen molar-refractivity contribution in [1.82, 2.24) is 42.3 Å². The minimum atomic E-state index is -2.16. The fourth-order valence-electron chi connectivity index (χ4n) is 7.84. The number of primary amides is 3. The van der Waals surface area contributed by atoms with Crippen LogP contribution in [0.3, 0.4) is 0 Å². The van der Waals surface area contributed by atoms with E-state index in [-0.39, 0.29) is 69.1 Å². The monoisotopic (exact) mass is 1080 g/mol. The number of carbonyl (C=O) groups excluding carboxylic acids is 11. The number of nitrogens with two attached hydrogens (primary N) is 5. The van der Waals surface area contributed by atoms with Gasteiger partial charge in [0.05, 0.1) is 34.6 Å². The lowest BCUT2D eigenvalue weighted by Gasteiger charge is -2.30. The van der Waals surface area contributed by atoms with Crippen LogP contribution in [0, 0.1) is 0 Å². The van der Waals surface area contributed by atoms with Gasteiger partial charge in [0.15, 0.2) is 5.96 Å². The number of nitrogens with one attached hydrogen (secondary N) is 7. The van der Waals surface area contributed by atoms with Crippen LogP contribution in [0.1, 0.15) is 62.5 Å². The van der Waals surface area contributed by atoms with Crippen molar-refractivity contribution in [3.8, 4) is 5.75 Å². The molecule has 29 heteroatoms. The molecule has 2 saturated heterocycles. The van der Waals surface area contributed by atoms with E-state index in [9.17, 15) is 62.1 Å². The molecule has 0 aliphatic carbocycles. The molecule has 1 unspecified atom stereocenters. The number of aliphatic imine (C=N–C) groups is 1. The number of benzene rings is 2. The molecule has 0 bridgehead atoms. The zero-order valence-electron chi connectivity index (χ0n) is 40.8. The summed E-state index contributed by atoms with van der Waals surface area (Å²) in [4.78, 5) is 152. The fraction of sp³-hybridized carbons (Fsp3) is 0.478. The number of nitrogens with zero attached hydrogens (tertiary/aromatic N) is 2. The molecule has 8 atom stereocenters. The van der Waals surface area contributed by atoms with Crippen LogP contribution in [0.2, 0.25) is 0 Å². The average molecular weight is 1090 g/mol. The molecule has 27 nitrogen and oxygen atoms in total. The van der Waals surface area contributed by atoms with Crippen LogP contribution in [-0.2, 0) is 75.4 Å². The quantitative estimate of drug-likeness (QED) is 0.0183. The van der Waals surface area contributed by atoms with Gasteiger partial charge in [0.1, 0.15) is 42.0 Å². The number of amides is 9. The summed E-state index contributed by atoms with van der Waals surface area (Å²) in [5.41, 5.74) is 30.9. The largest absolute Gasteiger partial charge is 0.508 e. The fourth-order valence-corrected chi connectivity index (χ4v) is 10.4. The van der Waals surface area contributed by atoms with E-state index in [1.165, 1.54) is 29.3 Å². The minimum Gasteiger partial charge on any atom is -0.508 e. The van der Waals surface area contributed by atoms with E-state index >= 15 is 0 Å². The van der Waals surface area contributed by atoms with Gasteiger partial charge in [-0.1, -0.05) is 53.3 Å². The van der Waals surface area contributed by atoms with Crippen LogP contribution in [-0.4, -0.2) is 158 Å². The molecule has 9 amide bonds. The molecule has 408 valence electrons. The highest BCUT2D eigenvalue weighted by molar-refractivity contribution is 8.69. The van der Waals surface area contributed by atoms with Gasteiger partial charge in [0, 0.05) is 44.5 Å². The van der Waals surface area contributed by atoms with Gasteiger partial charge >= 0.3 is 0 Å². The smallest absolute Gasteiger partial charge is 0.243 e. The second-order valence-corrected chi connectivity index (χ2v) is 20.9. The lowest BCUT2D eigenvalue weighted by atomic mass is 10.0. The first-order chi connectivity index (χ1) is 35.6. The van der Waals surface area contributed by atoms with Gasteiger partial charge in [-0.05, 0) is 55.4 Å². The summed E-state index contributed by atoms with van der Waals surface area (Å²) in [6.45, 7) is -0.275. The number of carbonyl (C=O) groups is 11. The Labute approximate surface area is 437 Å². The maximum atomic E-state index is 14.4. The minimum absolute atomic E-state index is 0.0611. The van der Waals surface area contributed by atoms with Crippen molar-refractivity contribution in [1.29, 1.82) is 0 Å². The number of phenols is 1. The first-order valence-electron chi connectivity index (χ1n) is 23.7. The SMILES string of the molecule is NC(=O)CC[C@@H]1NC(=O)[C@H](Cc2ccccc2)NC(=O)[C@H](Cc2ccc(O)cc2)NC(=O)CCSS(=O)C[C@@H](C(=O)C(=O)[C@@H]2CCCN2N[C@H](CCCN=C(N)N)C(=O)NCC(N)=O)NC(=O)[C@H](CC(N)=O)NC1=O. The van der Waals surface area contributed by atoms with Gasteiger partial charge in [0.2, 0.25) is 64.7 Å². The normalized spacial score (nSPS) is 22.9. The third-order valence-electron chi connectivity index (χ3n) is 11.6. The van der Waals surface area contributed by atoms with E-state index in [0.717, 1.165) is 0 Å². The molecule has 0 spiro atoms. The molecule has 0 aromatic heterocycles. The van der Waals surface area contributed by atoms with E-state index in [0.29, 0.717) is 28.3 Å².